The predicted octanol–water partition coefficient (Wildman–Crippen LogP) is 1.82. The first kappa shape index (κ1) is 11.1. The van der Waals surface area contributed by atoms with Gasteiger partial charge in [0, 0.05) is 12.5 Å². The van der Waals surface area contributed by atoms with Gasteiger partial charge in [-0.1, -0.05) is 30.3 Å². The molecule has 2 rings (SSSR count). The summed E-state index contributed by atoms with van der Waals surface area (Å²) in [6.45, 7) is 1.76. The summed E-state index contributed by atoms with van der Waals surface area (Å²) >= 11 is 0. The fourth-order valence-corrected chi connectivity index (χ4v) is 1.87. The molecule has 0 amide bonds. The standard InChI is InChI=1S/C13H17NO2/c1-13(12(15)16,14-11-7-8-11)9-10-5-3-2-4-6-10/h2-6,11,14H,7-9H2,1H3,(H,15,16). The van der Waals surface area contributed by atoms with Crippen molar-refractivity contribution in [3.05, 3.63) is 35.9 Å². The van der Waals surface area contributed by atoms with E-state index in [0.29, 0.717) is 12.5 Å². The zero-order valence-corrected chi connectivity index (χ0v) is 9.44. The van der Waals surface area contributed by atoms with Crippen molar-refractivity contribution in [3.63, 3.8) is 0 Å². The molecule has 0 heterocycles. The van der Waals surface area contributed by atoms with E-state index in [-0.39, 0.29) is 0 Å². The molecule has 0 aliphatic heterocycles. The number of hydrogen-bond donors (Lipinski definition) is 2. The molecule has 0 spiro atoms. The van der Waals surface area contributed by atoms with Crippen LogP contribution >= 0.6 is 0 Å². The fraction of sp³-hybridized carbons (Fsp3) is 0.462. The molecule has 2 N–H and O–H groups in total. The van der Waals surface area contributed by atoms with Gasteiger partial charge >= 0.3 is 5.97 Å². The molecule has 1 aromatic carbocycles. The summed E-state index contributed by atoms with van der Waals surface area (Å²) in [4.78, 5) is 11.3. The minimum Gasteiger partial charge on any atom is -0.480 e. The molecular formula is C13H17NO2. The topological polar surface area (TPSA) is 49.3 Å². The lowest BCUT2D eigenvalue weighted by molar-refractivity contribution is -0.144. The summed E-state index contributed by atoms with van der Waals surface area (Å²) in [5.74, 6) is -0.775. The van der Waals surface area contributed by atoms with E-state index < -0.39 is 11.5 Å². The van der Waals surface area contributed by atoms with Crippen molar-refractivity contribution in [2.45, 2.75) is 37.8 Å². The Labute approximate surface area is 95.5 Å². The van der Waals surface area contributed by atoms with Gasteiger partial charge in [0.25, 0.3) is 0 Å². The van der Waals surface area contributed by atoms with Crippen molar-refractivity contribution < 1.29 is 9.90 Å². The molecule has 0 aromatic heterocycles. The van der Waals surface area contributed by atoms with Crippen LogP contribution in [-0.4, -0.2) is 22.7 Å². The van der Waals surface area contributed by atoms with Crippen molar-refractivity contribution in [3.8, 4) is 0 Å². The highest BCUT2D eigenvalue weighted by Gasteiger charge is 2.38. The Morgan fingerprint density at radius 1 is 1.44 bits per heavy atom. The number of carboxylic acids is 1. The van der Waals surface area contributed by atoms with Crippen LogP contribution < -0.4 is 5.32 Å². The van der Waals surface area contributed by atoms with Crippen molar-refractivity contribution in [1.82, 2.24) is 5.32 Å². The fourth-order valence-electron chi connectivity index (χ4n) is 1.87. The van der Waals surface area contributed by atoms with Gasteiger partial charge in [-0.25, -0.2) is 0 Å². The zero-order valence-electron chi connectivity index (χ0n) is 9.44. The van der Waals surface area contributed by atoms with Crippen molar-refractivity contribution in [2.75, 3.05) is 0 Å². The van der Waals surface area contributed by atoms with Crippen LogP contribution in [-0.2, 0) is 11.2 Å². The highest BCUT2D eigenvalue weighted by atomic mass is 16.4. The van der Waals surface area contributed by atoms with Gasteiger partial charge in [-0.05, 0) is 25.3 Å². The Morgan fingerprint density at radius 2 is 2.06 bits per heavy atom. The summed E-state index contributed by atoms with van der Waals surface area (Å²) in [6.07, 6.45) is 2.72. The Hall–Kier alpha value is -1.35. The molecule has 1 saturated carbocycles. The maximum absolute atomic E-state index is 11.3. The molecule has 0 bridgehead atoms. The maximum atomic E-state index is 11.3. The van der Waals surface area contributed by atoms with Crippen molar-refractivity contribution >= 4 is 5.97 Å². The van der Waals surface area contributed by atoms with E-state index >= 15 is 0 Å². The van der Waals surface area contributed by atoms with E-state index in [1.165, 1.54) is 0 Å². The highest BCUT2D eigenvalue weighted by Crippen LogP contribution is 2.24. The maximum Gasteiger partial charge on any atom is 0.323 e. The van der Waals surface area contributed by atoms with E-state index in [2.05, 4.69) is 5.32 Å². The number of aliphatic carboxylic acids is 1. The quantitative estimate of drug-likeness (QED) is 0.794. The first-order chi connectivity index (χ1) is 7.60. The molecule has 1 unspecified atom stereocenters. The minimum absolute atomic E-state index is 0.393. The second kappa shape index (κ2) is 4.26. The molecule has 1 atom stereocenters. The Morgan fingerprint density at radius 3 is 2.56 bits per heavy atom. The second-order valence-corrected chi connectivity index (χ2v) is 4.72. The predicted molar refractivity (Wildman–Crippen MR) is 62.3 cm³/mol. The molecule has 3 nitrogen and oxygen atoms in total. The second-order valence-electron chi connectivity index (χ2n) is 4.72. The van der Waals surface area contributed by atoms with E-state index in [1.807, 2.05) is 30.3 Å². The van der Waals surface area contributed by atoms with Crippen LogP contribution in [0.15, 0.2) is 30.3 Å². The van der Waals surface area contributed by atoms with Gasteiger partial charge in [0.05, 0.1) is 0 Å². The van der Waals surface area contributed by atoms with Gasteiger partial charge in [0.15, 0.2) is 0 Å². The number of rotatable bonds is 5. The molecule has 1 aliphatic carbocycles. The molecular weight excluding hydrogens is 202 g/mol. The lowest BCUT2D eigenvalue weighted by Gasteiger charge is -2.26. The van der Waals surface area contributed by atoms with E-state index in [9.17, 15) is 9.90 Å². The highest BCUT2D eigenvalue weighted by molar-refractivity contribution is 5.78. The molecule has 1 fully saturated rings. The first-order valence-corrected chi connectivity index (χ1v) is 5.65. The smallest absolute Gasteiger partial charge is 0.323 e. The number of hydrogen-bond acceptors (Lipinski definition) is 2. The Bertz CT molecular complexity index is 373. The summed E-state index contributed by atoms with van der Waals surface area (Å²) in [6, 6.07) is 10.1. The number of benzene rings is 1. The first-order valence-electron chi connectivity index (χ1n) is 5.65. The van der Waals surface area contributed by atoms with Crippen LogP contribution in [0.25, 0.3) is 0 Å². The minimum atomic E-state index is -0.845. The van der Waals surface area contributed by atoms with E-state index in [1.54, 1.807) is 6.92 Å². The SMILES string of the molecule is CC(Cc1ccccc1)(NC1CC1)C(=O)O. The zero-order chi connectivity index (χ0) is 11.6. The van der Waals surface area contributed by atoms with Crippen LogP contribution in [0, 0.1) is 0 Å². The van der Waals surface area contributed by atoms with Crippen LogP contribution in [0.1, 0.15) is 25.3 Å². The average molecular weight is 219 g/mol. The lowest BCUT2D eigenvalue weighted by Crippen LogP contribution is -2.52. The normalized spacial score (nSPS) is 19.1. The van der Waals surface area contributed by atoms with Gasteiger partial charge in [0.1, 0.15) is 5.54 Å². The molecule has 0 radical (unpaired) electrons. The van der Waals surface area contributed by atoms with E-state index in [4.69, 9.17) is 0 Å². The van der Waals surface area contributed by atoms with Gasteiger partial charge in [-0.15, -0.1) is 0 Å². The Balaban J connectivity index is 2.10. The molecule has 3 heteroatoms. The third-order valence-corrected chi connectivity index (χ3v) is 2.97. The summed E-state index contributed by atoms with van der Waals surface area (Å²) < 4.78 is 0. The molecule has 1 aliphatic rings. The third kappa shape index (κ3) is 2.61. The summed E-state index contributed by atoms with van der Waals surface area (Å²) in [7, 11) is 0. The van der Waals surface area contributed by atoms with Gasteiger partial charge in [-0.2, -0.15) is 0 Å². The lowest BCUT2D eigenvalue weighted by atomic mass is 9.92. The monoisotopic (exact) mass is 219 g/mol. The van der Waals surface area contributed by atoms with Gasteiger partial charge < -0.3 is 5.11 Å². The number of carbonyl (C=O) groups is 1. The van der Waals surface area contributed by atoms with Crippen molar-refractivity contribution in [1.29, 1.82) is 0 Å². The molecule has 1 aromatic rings. The van der Waals surface area contributed by atoms with Crippen molar-refractivity contribution in [2.24, 2.45) is 0 Å². The van der Waals surface area contributed by atoms with Gasteiger partial charge in [-0.3, -0.25) is 10.1 Å². The third-order valence-electron chi connectivity index (χ3n) is 2.97. The van der Waals surface area contributed by atoms with E-state index in [0.717, 1.165) is 18.4 Å². The van der Waals surface area contributed by atoms with Crippen LogP contribution in [0.2, 0.25) is 0 Å². The van der Waals surface area contributed by atoms with Crippen LogP contribution in [0.3, 0.4) is 0 Å². The van der Waals surface area contributed by atoms with Gasteiger partial charge in [0.2, 0.25) is 0 Å². The largest absolute Gasteiger partial charge is 0.480 e. The Kier molecular flexibility index (Phi) is 2.97. The number of carboxylic acid groups (broad SMARTS) is 1. The summed E-state index contributed by atoms with van der Waals surface area (Å²) in [5.41, 5.74) is 0.211. The molecule has 0 saturated heterocycles. The number of nitrogens with one attached hydrogen (secondary N) is 1. The molecule has 16 heavy (non-hydrogen) atoms. The summed E-state index contributed by atoms with van der Waals surface area (Å²) in [5, 5.41) is 12.5. The molecule has 86 valence electrons. The average Bonchev–Trinajstić information content (AvgIpc) is 3.02. The van der Waals surface area contributed by atoms with Crippen LogP contribution in [0.5, 0.6) is 0 Å². The van der Waals surface area contributed by atoms with Crippen LogP contribution in [0.4, 0.5) is 0 Å².